The molecule has 0 aliphatic carbocycles. The summed E-state index contributed by atoms with van der Waals surface area (Å²) in [6.07, 6.45) is 3.48. The van der Waals surface area contributed by atoms with Crippen LogP contribution in [-0.4, -0.2) is 11.6 Å². The quantitative estimate of drug-likeness (QED) is 0.463. The Bertz CT molecular complexity index is 205. The van der Waals surface area contributed by atoms with Crippen LogP contribution < -0.4 is 0 Å². The summed E-state index contributed by atoms with van der Waals surface area (Å²) in [4.78, 5) is 7.96. The maximum absolute atomic E-state index is 4.05. The Morgan fingerprint density at radius 2 is 2.22 bits per heavy atom. The van der Waals surface area contributed by atoms with Crippen molar-refractivity contribution in [2.75, 3.05) is 0 Å². The highest BCUT2D eigenvalue weighted by atomic mass is 14.8. The van der Waals surface area contributed by atoms with Crippen molar-refractivity contribution >= 4 is 11.6 Å². The van der Waals surface area contributed by atoms with Gasteiger partial charge < -0.3 is 0 Å². The van der Waals surface area contributed by atoms with Crippen LogP contribution >= 0.6 is 0 Å². The zero-order chi connectivity index (χ0) is 6.69. The lowest BCUT2D eigenvalue weighted by Crippen LogP contribution is -1.79. The van der Waals surface area contributed by atoms with Crippen LogP contribution in [0.3, 0.4) is 0 Å². The van der Waals surface area contributed by atoms with Crippen LogP contribution in [0.5, 0.6) is 0 Å². The molecule has 0 fully saturated rings. The van der Waals surface area contributed by atoms with Gasteiger partial charge >= 0.3 is 0 Å². The summed E-state index contributed by atoms with van der Waals surface area (Å²) < 4.78 is 0. The lowest BCUT2D eigenvalue weighted by atomic mass is 10.4. The third kappa shape index (κ3) is 1.67. The summed E-state index contributed by atoms with van der Waals surface area (Å²) in [5.41, 5.74) is 1.83. The van der Waals surface area contributed by atoms with Gasteiger partial charge in [-0.3, -0.25) is 4.99 Å². The van der Waals surface area contributed by atoms with Gasteiger partial charge in [-0.25, -0.2) is 4.99 Å². The summed E-state index contributed by atoms with van der Waals surface area (Å²) in [6.45, 7) is 3.81. The normalized spacial score (nSPS) is 16.7. The van der Waals surface area contributed by atoms with E-state index < -0.39 is 0 Å². The molecule has 2 heteroatoms. The van der Waals surface area contributed by atoms with Gasteiger partial charge in [0.2, 0.25) is 0 Å². The topological polar surface area (TPSA) is 24.7 Å². The van der Waals surface area contributed by atoms with Crippen LogP contribution in [0, 0.1) is 0 Å². The molecule has 2 nitrogen and oxygen atoms in total. The predicted molar refractivity (Wildman–Crippen MR) is 38.9 cm³/mol. The minimum atomic E-state index is 0.892. The number of hydrogen-bond acceptors (Lipinski definition) is 2. The van der Waals surface area contributed by atoms with E-state index in [9.17, 15) is 0 Å². The van der Waals surface area contributed by atoms with Crippen LogP contribution in [0.2, 0.25) is 0 Å². The van der Waals surface area contributed by atoms with E-state index in [1.807, 2.05) is 13.8 Å². The van der Waals surface area contributed by atoms with Gasteiger partial charge in [0.15, 0.2) is 0 Å². The van der Waals surface area contributed by atoms with Crippen molar-refractivity contribution in [2.24, 2.45) is 9.98 Å². The molecule has 0 unspecified atom stereocenters. The maximum atomic E-state index is 4.05. The Hall–Kier alpha value is -1.14. The molecule has 0 aromatic heterocycles. The first-order valence-electron chi connectivity index (χ1n) is 2.80. The first-order chi connectivity index (χ1) is 4.29. The van der Waals surface area contributed by atoms with Crippen molar-refractivity contribution in [3.63, 3.8) is 0 Å². The fourth-order valence-corrected chi connectivity index (χ4v) is 0.489. The molecule has 1 aliphatic heterocycles. The molecule has 0 N–H and O–H groups in total. The van der Waals surface area contributed by atoms with Crippen molar-refractivity contribution in [1.29, 1.82) is 0 Å². The van der Waals surface area contributed by atoms with Gasteiger partial charge in [-0.15, -0.1) is 0 Å². The largest absolute Gasteiger partial charge is 0.259 e. The fourth-order valence-electron chi connectivity index (χ4n) is 0.489. The summed E-state index contributed by atoms with van der Waals surface area (Å²) in [5, 5.41) is 0. The first kappa shape index (κ1) is 5.99. The zero-order valence-corrected chi connectivity index (χ0v) is 5.55. The zero-order valence-electron chi connectivity index (χ0n) is 5.55. The Balaban J connectivity index is 3.00. The standard InChI is InChI=1S/C7H8N2/c1-6-3-4-8-7(2)5-9-6/h3,5H,1-2H3. The number of allylic oxidation sites excluding steroid dienone is 2. The van der Waals surface area contributed by atoms with E-state index in [0.29, 0.717) is 0 Å². The molecule has 0 atom stereocenters. The fraction of sp³-hybridized carbons (Fsp3) is 0.286. The molecule has 0 bridgehead atoms. The highest BCUT2D eigenvalue weighted by Gasteiger charge is 1.85. The molecule has 0 spiro atoms. The Labute approximate surface area is 54.3 Å². The second-order valence-electron chi connectivity index (χ2n) is 1.93. The summed E-state index contributed by atoms with van der Waals surface area (Å²) in [7, 11) is 0. The van der Waals surface area contributed by atoms with Gasteiger partial charge in [0, 0.05) is 18.0 Å². The minimum Gasteiger partial charge on any atom is -0.259 e. The lowest BCUT2D eigenvalue weighted by Gasteiger charge is -1.81. The molecule has 0 aromatic rings. The van der Waals surface area contributed by atoms with Crippen LogP contribution in [0.1, 0.15) is 13.8 Å². The summed E-state index contributed by atoms with van der Waals surface area (Å²) >= 11 is 0. The lowest BCUT2D eigenvalue weighted by molar-refractivity contribution is 1.29. The third-order valence-corrected chi connectivity index (χ3v) is 0.969. The van der Waals surface area contributed by atoms with E-state index >= 15 is 0 Å². The maximum Gasteiger partial charge on any atom is 0.0655 e. The van der Waals surface area contributed by atoms with Crippen molar-refractivity contribution in [3.05, 3.63) is 18.0 Å². The van der Waals surface area contributed by atoms with Crippen molar-refractivity contribution < 1.29 is 0 Å². The van der Waals surface area contributed by atoms with Gasteiger partial charge in [0.25, 0.3) is 0 Å². The van der Waals surface area contributed by atoms with Crippen LogP contribution in [0.4, 0.5) is 0 Å². The van der Waals surface area contributed by atoms with E-state index in [4.69, 9.17) is 0 Å². The highest BCUT2D eigenvalue weighted by molar-refractivity contribution is 6.00. The number of aliphatic imine (C=N–C) groups is 2. The second-order valence-corrected chi connectivity index (χ2v) is 1.93. The second kappa shape index (κ2) is 2.42. The minimum absolute atomic E-state index is 0.892. The Morgan fingerprint density at radius 3 is 3.00 bits per heavy atom. The van der Waals surface area contributed by atoms with E-state index in [1.165, 1.54) is 0 Å². The van der Waals surface area contributed by atoms with Crippen LogP contribution in [-0.2, 0) is 0 Å². The SMILES string of the molecule is CC1=CN=C(C)C=C=N1. The van der Waals surface area contributed by atoms with Crippen LogP contribution in [0.15, 0.2) is 28.0 Å². The van der Waals surface area contributed by atoms with E-state index in [1.54, 1.807) is 12.3 Å². The third-order valence-electron chi connectivity index (χ3n) is 0.969. The van der Waals surface area contributed by atoms with Gasteiger partial charge in [-0.1, -0.05) is 0 Å². The van der Waals surface area contributed by atoms with Gasteiger partial charge in [-0.2, -0.15) is 0 Å². The summed E-state index contributed by atoms with van der Waals surface area (Å²) in [5.74, 6) is 2.75. The molecule has 0 aromatic carbocycles. The molecule has 0 radical (unpaired) electrons. The van der Waals surface area contributed by atoms with E-state index in [2.05, 4.69) is 15.9 Å². The summed E-state index contributed by atoms with van der Waals surface area (Å²) in [6, 6.07) is 0. The number of rotatable bonds is 0. The van der Waals surface area contributed by atoms with Crippen molar-refractivity contribution in [2.45, 2.75) is 13.8 Å². The van der Waals surface area contributed by atoms with Gasteiger partial charge in [0.1, 0.15) is 0 Å². The van der Waals surface area contributed by atoms with Gasteiger partial charge in [0.05, 0.1) is 5.70 Å². The Morgan fingerprint density at radius 1 is 1.44 bits per heavy atom. The average molecular weight is 120 g/mol. The molecule has 46 valence electrons. The molecule has 0 saturated carbocycles. The molecular formula is C7H8N2. The van der Waals surface area contributed by atoms with E-state index in [-0.39, 0.29) is 0 Å². The molecule has 0 amide bonds. The first-order valence-corrected chi connectivity index (χ1v) is 2.80. The molecule has 1 aliphatic rings. The molecule has 9 heavy (non-hydrogen) atoms. The van der Waals surface area contributed by atoms with Crippen molar-refractivity contribution in [1.82, 2.24) is 0 Å². The predicted octanol–water partition coefficient (Wildman–Crippen LogP) is 1.55. The molecule has 1 rings (SSSR count). The van der Waals surface area contributed by atoms with E-state index in [0.717, 1.165) is 11.4 Å². The smallest absolute Gasteiger partial charge is 0.0655 e. The Kier molecular flexibility index (Phi) is 1.61. The number of nitrogens with zero attached hydrogens (tertiary/aromatic N) is 2. The van der Waals surface area contributed by atoms with Crippen LogP contribution in [0.25, 0.3) is 0 Å². The van der Waals surface area contributed by atoms with Gasteiger partial charge in [-0.05, 0) is 19.7 Å². The van der Waals surface area contributed by atoms with Crippen molar-refractivity contribution in [3.8, 4) is 0 Å². The average Bonchev–Trinajstić information content (AvgIpc) is 1.97. The number of hydrogen-bond donors (Lipinski definition) is 0. The highest BCUT2D eigenvalue weighted by Crippen LogP contribution is 1.96. The molecule has 0 saturated heterocycles. The molecule has 1 heterocycles. The molecular weight excluding hydrogens is 112 g/mol. The monoisotopic (exact) mass is 120 g/mol.